The molecule has 92 valence electrons. The fourth-order valence-electron chi connectivity index (χ4n) is 1.42. The number of hydrogen-bond donors (Lipinski definition) is 1. The zero-order chi connectivity index (χ0) is 13.3. The molecule has 0 unspecified atom stereocenters. The Kier molecular flexibility index (Phi) is 3.36. The Hall–Kier alpha value is -1.85. The lowest BCUT2D eigenvalue weighted by Gasteiger charge is -2.04. The van der Waals surface area contributed by atoms with Gasteiger partial charge in [-0.1, -0.05) is 23.2 Å². The van der Waals surface area contributed by atoms with E-state index in [0.29, 0.717) is 5.56 Å². The standard InChI is InChI=1S/C11H5Cl2NO4/c12-7-4-8(13)6(11(15)16)3-5(7)9-1-2-10(14-17)18-9/h1-4H,(H,15,16). The van der Waals surface area contributed by atoms with Crippen molar-refractivity contribution < 1.29 is 14.3 Å². The molecular formula is C11H5Cl2NO4. The van der Waals surface area contributed by atoms with Crippen LogP contribution in [0, 0.1) is 4.91 Å². The lowest BCUT2D eigenvalue weighted by molar-refractivity contribution is 0.0697. The molecule has 1 aromatic carbocycles. The van der Waals surface area contributed by atoms with Gasteiger partial charge in [0.15, 0.2) is 0 Å². The topological polar surface area (TPSA) is 79.9 Å². The second-order valence-corrected chi connectivity index (χ2v) is 4.16. The number of carboxylic acids is 1. The predicted octanol–water partition coefficient (Wildman–Crippen LogP) is 4.35. The molecule has 1 aromatic heterocycles. The van der Waals surface area contributed by atoms with Gasteiger partial charge in [-0.05, 0) is 18.2 Å². The van der Waals surface area contributed by atoms with Crippen LogP contribution >= 0.6 is 23.2 Å². The van der Waals surface area contributed by atoms with Crippen LogP contribution < -0.4 is 0 Å². The average Bonchev–Trinajstić information content (AvgIpc) is 2.77. The van der Waals surface area contributed by atoms with Crippen LogP contribution in [-0.4, -0.2) is 11.1 Å². The number of furan rings is 1. The van der Waals surface area contributed by atoms with E-state index in [0.717, 1.165) is 0 Å². The van der Waals surface area contributed by atoms with Crippen molar-refractivity contribution in [3.8, 4) is 11.3 Å². The summed E-state index contributed by atoms with van der Waals surface area (Å²) in [4.78, 5) is 21.2. The summed E-state index contributed by atoms with van der Waals surface area (Å²) in [6, 6.07) is 5.41. The Labute approximate surface area is 111 Å². The van der Waals surface area contributed by atoms with E-state index in [-0.39, 0.29) is 27.3 Å². The maximum Gasteiger partial charge on any atom is 0.337 e. The molecule has 0 saturated carbocycles. The van der Waals surface area contributed by atoms with Gasteiger partial charge < -0.3 is 9.52 Å². The first-order valence-corrected chi connectivity index (χ1v) is 5.44. The highest BCUT2D eigenvalue weighted by atomic mass is 35.5. The molecule has 18 heavy (non-hydrogen) atoms. The Morgan fingerprint density at radius 2 is 1.94 bits per heavy atom. The quantitative estimate of drug-likeness (QED) is 0.850. The van der Waals surface area contributed by atoms with Gasteiger partial charge in [-0.2, -0.15) is 0 Å². The van der Waals surface area contributed by atoms with E-state index >= 15 is 0 Å². The first-order chi connectivity index (χ1) is 8.52. The molecule has 0 bridgehead atoms. The molecular weight excluding hydrogens is 281 g/mol. The first kappa shape index (κ1) is 12.6. The molecule has 1 heterocycles. The minimum Gasteiger partial charge on any atom is -0.478 e. The molecule has 0 saturated heterocycles. The van der Waals surface area contributed by atoms with E-state index in [1.54, 1.807) is 0 Å². The van der Waals surface area contributed by atoms with Crippen molar-refractivity contribution in [3.05, 3.63) is 44.8 Å². The number of benzene rings is 1. The van der Waals surface area contributed by atoms with Crippen LogP contribution in [0.1, 0.15) is 10.4 Å². The molecule has 0 fully saturated rings. The van der Waals surface area contributed by atoms with Crippen LogP contribution in [0.25, 0.3) is 11.3 Å². The maximum atomic E-state index is 11.0. The summed E-state index contributed by atoms with van der Waals surface area (Å²) >= 11 is 11.7. The highest BCUT2D eigenvalue weighted by Crippen LogP contribution is 2.35. The molecule has 0 aliphatic rings. The van der Waals surface area contributed by atoms with Gasteiger partial charge in [0.25, 0.3) is 5.88 Å². The van der Waals surface area contributed by atoms with Gasteiger partial charge in [0.05, 0.1) is 15.6 Å². The van der Waals surface area contributed by atoms with Crippen LogP contribution in [0.4, 0.5) is 5.88 Å². The largest absolute Gasteiger partial charge is 0.478 e. The lowest BCUT2D eigenvalue weighted by atomic mass is 10.1. The van der Waals surface area contributed by atoms with Crippen molar-refractivity contribution in [2.75, 3.05) is 0 Å². The van der Waals surface area contributed by atoms with Crippen molar-refractivity contribution in [2.45, 2.75) is 0 Å². The van der Waals surface area contributed by atoms with E-state index in [1.807, 2.05) is 0 Å². The molecule has 0 atom stereocenters. The number of rotatable bonds is 3. The van der Waals surface area contributed by atoms with Crippen molar-refractivity contribution in [2.24, 2.45) is 5.18 Å². The van der Waals surface area contributed by atoms with Crippen LogP contribution in [0.5, 0.6) is 0 Å². The van der Waals surface area contributed by atoms with Crippen LogP contribution in [0.2, 0.25) is 10.0 Å². The molecule has 0 aliphatic heterocycles. The molecule has 2 rings (SSSR count). The van der Waals surface area contributed by atoms with Gasteiger partial charge in [0.1, 0.15) is 5.76 Å². The van der Waals surface area contributed by atoms with Gasteiger partial charge >= 0.3 is 5.97 Å². The number of carbonyl (C=O) groups is 1. The predicted molar refractivity (Wildman–Crippen MR) is 66.6 cm³/mol. The van der Waals surface area contributed by atoms with E-state index in [1.165, 1.54) is 24.3 Å². The fourth-order valence-corrected chi connectivity index (χ4v) is 1.98. The van der Waals surface area contributed by atoms with Crippen molar-refractivity contribution in [1.82, 2.24) is 0 Å². The number of hydrogen-bond acceptors (Lipinski definition) is 4. The van der Waals surface area contributed by atoms with Gasteiger partial charge in [0, 0.05) is 16.8 Å². The summed E-state index contributed by atoms with van der Waals surface area (Å²) in [7, 11) is 0. The third kappa shape index (κ3) is 2.23. The Morgan fingerprint density at radius 3 is 2.50 bits per heavy atom. The molecule has 1 N–H and O–H groups in total. The maximum absolute atomic E-state index is 11.0. The number of halogens is 2. The van der Waals surface area contributed by atoms with Gasteiger partial charge in [-0.15, -0.1) is 4.91 Å². The Balaban J connectivity index is 2.59. The number of nitroso groups, excluding NO2 is 1. The van der Waals surface area contributed by atoms with E-state index in [4.69, 9.17) is 32.7 Å². The fraction of sp³-hybridized carbons (Fsp3) is 0. The molecule has 5 nitrogen and oxygen atoms in total. The van der Waals surface area contributed by atoms with Crippen LogP contribution in [-0.2, 0) is 0 Å². The average molecular weight is 286 g/mol. The SMILES string of the molecule is O=Nc1ccc(-c2cc(C(=O)O)c(Cl)cc2Cl)o1. The van der Waals surface area contributed by atoms with E-state index in [2.05, 4.69) is 5.18 Å². The van der Waals surface area contributed by atoms with E-state index < -0.39 is 5.97 Å². The molecule has 0 amide bonds. The smallest absolute Gasteiger partial charge is 0.337 e. The van der Waals surface area contributed by atoms with Gasteiger partial charge in [-0.3, -0.25) is 0 Å². The molecule has 7 heteroatoms. The zero-order valence-electron chi connectivity index (χ0n) is 8.68. The lowest BCUT2D eigenvalue weighted by Crippen LogP contribution is -1.98. The minimum atomic E-state index is -1.18. The molecule has 2 aromatic rings. The third-order valence-electron chi connectivity index (χ3n) is 2.23. The van der Waals surface area contributed by atoms with Crippen LogP contribution in [0.3, 0.4) is 0 Å². The highest BCUT2D eigenvalue weighted by molar-refractivity contribution is 6.38. The Morgan fingerprint density at radius 1 is 1.22 bits per heavy atom. The zero-order valence-corrected chi connectivity index (χ0v) is 10.2. The summed E-state index contributed by atoms with van der Waals surface area (Å²) < 4.78 is 5.07. The highest BCUT2D eigenvalue weighted by Gasteiger charge is 2.16. The summed E-state index contributed by atoms with van der Waals surface area (Å²) in [5.41, 5.74) is 0.224. The van der Waals surface area contributed by atoms with Crippen LogP contribution in [0.15, 0.2) is 33.9 Å². The van der Waals surface area contributed by atoms with Crippen molar-refractivity contribution >= 4 is 35.1 Å². The summed E-state index contributed by atoms with van der Waals surface area (Å²) in [6.45, 7) is 0. The molecule has 0 radical (unpaired) electrons. The normalized spacial score (nSPS) is 10.3. The minimum absolute atomic E-state index is 0.0246. The third-order valence-corrected chi connectivity index (χ3v) is 2.86. The molecule has 0 spiro atoms. The first-order valence-electron chi connectivity index (χ1n) is 4.69. The number of carboxylic acid groups (broad SMARTS) is 1. The number of nitrogens with zero attached hydrogens (tertiary/aromatic N) is 1. The summed E-state index contributed by atoms with van der Waals surface area (Å²) in [5.74, 6) is -1.06. The summed E-state index contributed by atoms with van der Waals surface area (Å²) in [6.07, 6.45) is 0. The Bertz CT molecular complexity index is 636. The van der Waals surface area contributed by atoms with Gasteiger partial charge in [0.2, 0.25) is 0 Å². The van der Waals surface area contributed by atoms with Crippen molar-refractivity contribution in [3.63, 3.8) is 0 Å². The number of aromatic carboxylic acids is 1. The van der Waals surface area contributed by atoms with Crippen molar-refractivity contribution in [1.29, 1.82) is 0 Å². The van der Waals surface area contributed by atoms with E-state index in [9.17, 15) is 9.70 Å². The monoisotopic (exact) mass is 285 g/mol. The second-order valence-electron chi connectivity index (χ2n) is 3.35. The van der Waals surface area contributed by atoms with Gasteiger partial charge in [-0.25, -0.2) is 4.79 Å². The molecule has 0 aliphatic carbocycles. The second kappa shape index (κ2) is 4.80. The summed E-state index contributed by atoms with van der Waals surface area (Å²) in [5, 5.41) is 11.8.